The lowest BCUT2D eigenvalue weighted by molar-refractivity contribution is -0.143. The Hall–Kier alpha value is -2.08. The molecular formula is C13H17NO5. The van der Waals surface area contributed by atoms with Crippen LogP contribution in [0.5, 0.6) is 5.75 Å². The number of nitrogens with two attached hydrogens (primary N) is 1. The van der Waals surface area contributed by atoms with Gasteiger partial charge < -0.3 is 20.3 Å². The molecule has 0 bridgehead atoms. The van der Waals surface area contributed by atoms with E-state index in [9.17, 15) is 9.59 Å². The smallest absolute Gasteiger partial charge is 0.341 e. The maximum Gasteiger partial charge on any atom is 0.341 e. The van der Waals surface area contributed by atoms with Crippen LogP contribution in [0, 0.1) is 0 Å². The van der Waals surface area contributed by atoms with E-state index in [1.165, 1.54) is 0 Å². The quantitative estimate of drug-likeness (QED) is 0.718. The summed E-state index contributed by atoms with van der Waals surface area (Å²) in [4.78, 5) is 21.7. The number of ether oxygens (including phenoxy) is 2. The van der Waals surface area contributed by atoms with Gasteiger partial charge in [0.2, 0.25) is 0 Å². The fourth-order valence-electron chi connectivity index (χ4n) is 1.50. The molecule has 104 valence electrons. The zero-order valence-corrected chi connectivity index (χ0v) is 10.7. The van der Waals surface area contributed by atoms with E-state index in [1.54, 1.807) is 31.2 Å². The van der Waals surface area contributed by atoms with Gasteiger partial charge in [-0.1, -0.05) is 12.1 Å². The van der Waals surface area contributed by atoms with E-state index in [0.29, 0.717) is 17.9 Å². The molecule has 1 unspecified atom stereocenters. The van der Waals surface area contributed by atoms with Crippen LogP contribution in [0.2, 0.25) is 0 Å². The summed E-state index contributed by atoms with van der Waals surface area (Å²) >= 11 is 0. The average molecular weight is 267 g/mol. The Bertz CT molecular complexity index is 446. The second kappa shape index (κ2) is 7.38. The molecule has 1 aromatic rings. The third-order valence-corrected chi connectivity index (χ3v) is 2.34. The van der Waals surface area contributed by atoms with Crippen LogP contribution in [0.4, 0.5) is 0 Å². The van der Waals surface area contributed by atoms with E-state index < -0.39 is 18.6 Å². The van der Waals surface area contributed by atoms with Gasteiger partial charge in [0.05, 0.1) is 13.0 Å². The number of carbonyl (C=O) groups is 2. The Morgan fingerprint density at radius 3 is 2.79 bits per heavy atom. The summed E-state index contributed by atoms with van der Waals surface area (Å²) in [6, 6.07) is 6.18. The molecule has 19 heavy (non-hydrogen) atoms. The molecule has 0 heterocycles. The van der Waals surface area contributed by atoms with Crippen molar-refractivity contribution in [2.24, 2.45) is 5.73 Å². The van der Waals surface area contributed by atoms with E-state index in [2.05, 4.69) is 0 Å². The summed E-state index contributed by atoms with van der Waals surface area (Å²) in [5.74, 6) is -1.02. The zero-order valence-electron chi connectivity index (χ0n) is 10.7. The molecule has 0 spiro atoms. The number of carboxylic acid groups (broad SMARTS) is 1. The molecule has 0 amide bonds. The maximum absolute atomic E-state index is 11.3. The molecule has 6 heteroatoms. The number of hydrogen-bond donors (Lipinski definition) is 2. The number of carboxylic acids is 1. The highest BCUT2D eigenvalue weighted by Crippen LogP contribution is 2.20. The van der Waals surface area contributed by atoms with Gasteiger partial charge in [0.25, 0.3) is 0 Å². The molecule has 1 atom stereocenters. The van der Waals surface area contributed by atoms with Gasteiger partial charge in [0, 0.05) is 6.04 Å². The molecule has 0 saturated carbocycles. The van der Waals surface area contributed by atoms with Gasteiger partial charge in [-0.2, -0.15) is 0 Å². The summed E-state index contributed by atoms with van der Waals surface area (Å²) < 4.78 is 9.85. The molecule has 0 aliphatic carbocycles. The molecule has 0 fully saturated rings. The van der Waals surface area contributed by atoms with Crippen LogP contribution < -0.4 is 10.5 Å². The van der Waals surface area contributed by atoms with Gasteiger partial charge in [-0.15, -0.1) is 0 Å². The number of carbonyl (C=O) groups excluding carboxylic acids is 1. The summed E-state index contributed by atoms with van der Waals surface area (Å²) in [5, 5.41) is 8.52. The summed E-state index contributed by atoms with van der Waals surface area (Å²) in [6.07, 6.45) is 0.0657. The number of aliphatic carboxylic acids is 1. The normalized spacial score (nSPS) is 11.7. The SMILES string of the molecule is CCOC(=O)CC(N)c1cccc(OCC(=O)O)c1. The Balaban J connectivity index is 2.64. The highest BCUT2D eigenvalue weighted by molar-refractivity contribution is 5.70. The lowest BCUT2D eigenvalue weighted by Crippen LogP contribution is -2.17. The van der Waals surface area contributed by atoms with E-state index >= 15 is 0 Å². The molecule has 6 nitrogen and oxygen atoms in total. The third-order valence-electron chi connectivity index (χ3n) is 2.34. The van der Waals surface area contributed by atoms with E-state index in [0.717, 1.165) is 0 Å². The van der Waals surface area contributed by atoms with Crippen LogP contribution in [0.1, 0.15) is 24.9 Å². The highest BCUT2D eigenvalue weighted by Gasteiger charge is 2.13. The molecule has 0 saturated heterocycles. The summed E-state index contributed by atoms with van der Waals surface area (Å²) in [6.45, 7) is 1.62. The van der Waals surface area contributed by atoms with Crippen LogP contribution in [0.25, 0.3) is 0 Å². The second-order valence-corrected chi connectivity index (χ2v) is 3.87. The van der Waals surface area contributed by atoms with E-state index in [4.69, 9.17) is 20.3 Å². The van der Waals surface area contributed by atoms with Crippen LogP contribution in [0.3, 0.4) is 0 Å². The zero-order chi connectivity index (χ0) is 14.3. The minimum absolute atomic E-state index is 0.0657. The van der Waals surface area contributed by atoms with Crippen molar-refractivity contribution < 1.29 is 24.2 Å². The van der Waals surface area contributed by atoms with Gasteiger partial charge in [-0.3, -0.25) is 4.79 Å². The van der Waals surface area contributed by atoms with Crippen molar-refractivity contribution in [3.63, 3.8) is 0 Å². The number of benzene rings is 1. The molecule has 0 aromatic heterocycles. The van der Waals surface area contributed by atoms with Gasteiger partial charge in [-0.05, 0) is 24.6 Å². The number of hydrogen-bond acceptors (Lipinski definition) is 5. The van der Waals surface area contributed by atoms with Crippen LogP contribution >= 0.6 is 0 Å². The average Bonchev–Trinajstić information content (AvgIpc) is 2.37. The third kappa shape index (κ3) is 5.39. The molecule has 1 aromatic carbocycles. The Morgan fingerprint density at radius 2 is 2.16 bits per heavy atom. The van der Waals surface area contributed by atoms with Crippen LogP contribution in [-0.2, 0) is 14.3 Å². The molecule has 1 rings (SSSR count). The molecule has 0 radical (unpaired) electrons. The lowest BCUT2D eigenvalue weighted by Gasteiger charge is -2.12. The fraction of sp³-hybridized carbons (Fsp3) is 0.385. The second-order valence-electron chi connectivity index (χ2n) is 3.87. The first-order chi connectivity index (χ1) is 9.02. The Morgan fingerprint density at radius 1 is 1.42 bits per heavy atom. The minimum atomic E-state index is -1.05. The minimum Gasteiger partial charge on any atom is -0.482 e. The van der Waals surface area contributed by atoms with Crippen molar-refractivity contribution in [3.8, 4) is 5.75 Å². The topological polar surface area (TPSA) is 98.9 Å². The van der Waals surface area contributed by atoms with Crippen LogP contribution in [-0.4, -0.2) is 30.3 Å². The Labute approximate surface area is 111 Å². The number of esters is 1. The van der Waals surface area contributed by atoms with Crippen molar-refractivity contribution in [2.45, 2.75) is 19.4 Å². The standard InChI is InChI=1S/C13H17NO5/c1-2-18-13(17)7-11(14)9-4-3-5-10(6-9)19-8-12(15)16/h3-6,11H,2,7-8,14H2,1H3,(H,15,16). The fourth-order valence-corrected chi connectivity index (χ4v) is 1.50. The van der Waals surface area contributed by atoms with Gasteiger partial charge >= 0.3 is 11.9 Å². The van der Waals surface area contributed by atoms with E-state index in [1.807, 2.05) is 0 Å². The Kier molecular flexibility index (Phi) is 5.81. The van der Waals surface area contributed by atoms with Gasteiger partial charge in [0.15, 0.2) is 6.61 Å². The first-order valence-corrected chi connectivity index (χ1v) is 5.88. The van der Waals surface area contributed by atoms with E-state index in [-0.39, 0.29) is 12.4 Å². The van der Waals surface area contributed by atoms with Crippen LogP contribution in [0.15, 0.2) is 24.3 Å². The molecule has 3 N–H and O–H groups in total. The first kappa shape index (κ1) is 15.0. The molecular weight excluding hydrogens is 250 g/mol. The van der Waals surface area contributed by atoms with Crippen molar-refractivity contribution in [2.75, 3.05) is 13.2 Å². The first-order valence-electron chi connectivity index (χ1n) is 5.88. The van der Waals surface area contributed by atoms with Crippen molar-refractivity contribution in [1.29, 1.82) is 0 Å². The summed E-state index contributed by atoms with van der Waals surface area (Å²) in [5.41, 5.74) is 6.57. The monoisotopic (exact) mass is 267 g/mol. The highest BCUT2D eigenvalue weighted by atomic mass is 16.5. The molecule has 0 aliphatic heterocycles. The van der Waals surface area contributed by atoms with Crippen molar-refractivity contribution in [3.05, 3.63) is 29.8 Å². The predicted octanol–water partition coefficient (Wildman–Crippen LogP) is 1.10. The van der Waals surface area contributed by atoms with Gasteiger partial charge in [-0.25, -0.2) is 4.79 Å². The lowest BCUT2D eigenvalue weighted by atomic mass is 10.0. The maximum atomic E-state index is 11.3. The largest absolute Gasteiger partial charge is 0.482 e. The molecule has 0 aliphatic rings. The van der Waals surface area contributed by atoms with Gasteiger partial charge in [0.1, 0.15) is 5.75 Å². The van der Waals surface area contributed by atoms with Crippen molar-refractivity contribution >= 4 is 11.9 Å². The number of rotatable bonds is 7. The summed E-state index contributed by atoms with van der Waals surface area (Å²) in [7, 11) is 0. The predicted molar refractivity (Wildman–Crippen MR) is 67.8 cm³/mol. The van der Waals surface area contributed by atoms with Crippen molar-refractivity contribution in [1.82, 2.24) is 0 Å².